The van der Waals surface area contributed by atoms with E-state index in [0.717, 1.165) is 11.4 Å². The quantitative estimate of drug-likeness (QED) is 0.759. The van der Waals surface area contributed by atoms with Gasteiger partial charge in [-0.05, 0) is 37.6 Å². The van der Waals surface area contributed by atoms with Crippen molar-refractivity contribution in [3.63, 3.8) is 0 Å². The molecule has 0 spiro atoms. The van der Waals surface area contributed by atoms with E-state index in [0.29, 0.717) is 37.4 Å². The van der Waals surface area contributed by atoms with Crippen molar-refractivity contribution < 1.29 is 19.1 Å². The van der Waals surface area contributed by atoms with Gasteiger partial charge in [0.25, 0.3) is 5.91 Å². The molecule has 1 aliphatic heterocycles. The average molecular weight is 368 g/mol. The van der Waals surface area contributed by atoms with Crippen molar-refractivity contribution in [2.24, 2.45) is 0 Å². The smallest absolute Gasteiger partial charge is 0.265 e. The molecule has 0 fully saturated rings. The summed E-state index contributed by atoms with van der Waals surface area (Å²) in [7, 11) is 0. The number of amides is 2. The first-order valence-corrected chi connectivity index (χ1v) is 9.13. The molecule has 0 saturated heterocycles. The summed E-state index contributed by atoms with van der Waals surface area (Å²) in [4.78, 5) is 25.5. The predicted octanol–water partition coefficient (Wildman–Crippen LogP) is 3.54. The van der Waals surface area contributed by atoms with Crippen LogP contribution >= 0.6 is 0 Å². The van der Waals surface area contributed by atoms with Gasteiger partial charge in [0.05, 0.1) is 12.3 Å². The number of fused-ring (bicyclic) bond motifs is 1. The fraction of sp³-hybridized carbons (Fsp3) is 0.333. The zero-order valence-corrected chi connectivity index (χ0v) is 15.7. The van der Waals surface area contributed by atoms with Crippen molar-refractivity contribution in [3.05, 3.63) is 48.0 Å². The highest BCUT2D eigenvalue weighted by Gasteiger charge is 2.25. The van der Waals surface area contributed by atoms with Crippen molar-refractivity contribution in [2.45, 2.75) is 26.7 Å². The summed E-state index contributed by atoms with van der Waals surface area (Å²) in [5, 5.41) is 2.80. The molecule has 1 heterocycles. The van der Waals surface area contributed by atoms with Gasteiger partial charge in [-0.25, -0.2) is 0 Å². The van der Waals surface area contributed by atoms with E-state index in [9.17, 15) is 9.59 Å². The first kappa shape index (κ1) is 18.8. The Bertz CT molecular complexity index is 817. The van der Waals surface area contributed by atoms with Crippen molar-refractivity contribution in [1.82, 2.24) is 0 Å². The number of rotatable bonds is 7. The maximum atomic E-state index is 12.3. The minimum absolute atomic E-state index is 0.00298. The summed E-state index contributed by atoms with van der Waals surface area (Å²) >= 11 is 0. The fourth-order valence-corrected chi connectivity index (χ4v) is 2.82. The Labute approximate surface area is 159 Å². The third-order valence-electron chi connectivity index (χ3n) is 4.32. The van der Waals surface area contributed by atoms with Gasteiger partial charge in [-0.15, -0.1) is 0 Å². The fourth-order valence-electron chi connectivity index (χ4n) is 2.82. The van der Waals surface area contributed by atoms with Gasteiger partial charge in [0.2, 0.25) is 5.91 Å². The summed E-state index contributed by atoms with van der Waals surface area (Å²) in [6.45, 7) is 4.89. The molecule has 27 heavy (non-hydrogen) atoms. The number of benzene rings is 2. The van der Waals surface area contributed by atoms with Crippen LogP contribution in [0.3, 0.4) is 0 Å². The maximum absolute atomic E-state index is 12.3. The normalized spacial score (nSPS) is 13.0. The maximum Gasteiger partial charge on any atom is 0.265 e. The highest BCUT2D eigenvalue weighted by atomic mass is 16.5. The van der Waals surface area contributed by atoms with Crippen molar-refractivity contribution in [3.8, 4) is 11.5 Å². The molecule has 2 aromatic carbocycles. The number of nitrogens with zero attached hydrogens (tertiary/aromatic N) is 1. The molecule has 6 nitrogen and oxygen atoms in total. The van der Waals surface area contributed by atoms with E-state index in [-0.39, 0.29) is 18.4 Å². The molecular formula is C21H24N2O4. The summed E-state index contributed by atoms with van der Waals surface area (Å²) < 4.78 is 11.3. The van der Waals surface area contributed by atoms with Crippen LogP contribution in [0.5, 0.6) is 11.5 Å². The second-order valence-corrected chi connectivity index (χ2v) is 6.43. The molecule has 0 bridgehead atoms. The van der Waals surface area contributed by atoms with Gasteiger partial charge in [0.15, 0.2) is 6.61 Å². The van der Waals surface area contributed by atoms with Crippen LogP contribution in [0.4, 0.5) is 11.4 Å². The zero-order valence-electron chi connectivity index (χ0n) is 15.7. The van der Waals surface area contributed by atoms with E-state index in [1.807, 2.05) is 31.2 Å². The number of carbonyl (C=O) groups excluding carboxylic acids is 2. The van der Waals surface area contributed by atoms with Crippen LogP contribution < -0.4 is 19.7 Å². The van der Waals surface area contributed by atoms with Gasteiger partial charge < -0.3 is 19.7 Å². The summed E-state index contributed by atoms with van der Waals surface area (Å²) in [6.07, 6.45) is 1.11. The third-order valence-corrected chi connectivity index (χ3v) is 4.32. The Morgan fingerprint density at radius 3 is 2.74 bits per heavy atom. The van der Waals surface area contributed by atoms with Crippen molar-refractivity contribution in [2.75, 3.05) is 30.0 Å². The molecule has 0 unspecified atom stereocenters. The third kappa shape index (κ3) is 4.78. The van der Waals surface area contributed by atoms with Crippen LogP contribution in [0.2, 0.25) is 0 Å². The van der Waals surface area contributed by atoms with E-state index in [1.165, 1.54) is 5.56 Å². The lowest BCUT2D eigenvalue weighted by Gasteiger charge is -2.29. The summed E-state index contributed by atoms with van der Waals surface area (Å²) in [5.74, 6) is 1.28. The van der Waals surface area contributed by atoms with E-state index in [4.69, 9.17) is 9.47 Å². The van der Waals surface area contributed by atoms with Crippen LogP contribution in [0.1, 0.15) is 25.3 Å². The average Bonchev–Trinajstić information content (AvgIpc) is 2.68. The van der Waals surface area contributed by atoms with Crippen LogP contribution in [-0.2, 0) is 9.59 Å². The molecule has 6 heteroatoms. The van der Waals surface area contributed by atoms with Crippen LogP contribution in [0.25, 0.3) is 0 Å². The highest BCUT2D eigenvalue weighted by molar-refractivity contribution is 5.99. The molecule has 0 saturated carbocycles. The molecule has 0 aromatic heterocycles. The van der Waals surface area contributed by atoms with E-state index in [2.05, 4.69) is 5.32 Å². The van der Waals surface area contributed by atoms with E-state index in [1.54, 1.807) is 30.0 Å². The Balaban J connectivity index is 1.60. The topological polar surface area (TPSA) is 67.9 Å². The number of hydrogen-bond acceptors (Lipinski definition) is 4. The second-order valence-electron chi connectivity index (χ2n) is 6.43. The Hall–Kier alpha value is -3.02. The van der Waals surface area contributed by atoms with Gasteiger partial charge in [-0.2, -0.15) is 0 Å². The van der Waals surface area contributed by atoms with E-state index < -0.39 is 0 Å². The molecule has 2 aromatic rings. The molecule has 0 radical (unpaired) electrons. The monoisotopic (exact) mass is 368 g/mol. The summed E-state index contributed by atoms with van der Waals surface area (Å²) in [5.41, 5.74) is 2.57. The molecule has 3 rings (SSSR count). The Morgan fingerprint density at radius 1 is 1.22 bits per heavy atom. The summed E-state index contributed by atoms with van der Waals surface area (Å²) in [6, 6.07) is 13.2. The van der Waals surface area contributed by atoms with Gasteiger partial charge in [0, 0.05) is 24.7 Å². The van der Waals surface area contributed by atoms with Gasteiger partial charge in [-0.1, -0.05) is 24.6 Å². The molecule has 1 N–H and O–H groups in total. The number of aryl methyl sites for hydroxylation is 1. The molecule has 0 atom stereocenters. The number of anilines is 2. The SMILES string of the molecule is CCC(=O)Nc1ccc2c(c1)OCC(=O)N2CCCOc1ccc(C)cc1. The van der Waals surface area contributed by atoms with Crippen LogP contribution in [0, 0.1) is 6.92 Å². The van der Waals surface area contributed by atoms with Gasteiger partial charge >= 0.3 is 0 Å². The lowest BCUT2D eigenvalue weighted by Crippen LogP contribution is -2.39. The largest absolute Gasteiger partial charge is 0.494 e. The van der Waals surface area contributed by atoms with Gasteiger partial charge in [0.1, 0.15) is 11.5 Å². The molecular weight excluding hydrogens is 344 g/mol. The van der Waals surface area contributed by atoms with Crippen LogP contribution in [0.15, 0.2) is 42.5 Å². The van der Waals surface area contributed by atoms with Crippen LogP contribution in [-0.4, -0.2) is 31.6 Å². The van der Waals surface area contributed by atoms with E-state index >= 15 is 0 Å². The lowest BCUT2D eigenvalue weighted by molar-refractivity contribution is -0.121. The minimum Gasteiger partial charge on any atom is -0.494 e. The number of carbonyl (C=O) groups is 2. The number of hydrogen-bond donors (Lipinski definition) is 1. The van der Waals surface area contributed by atoms with Crippen molar-refractivity contribution >= 4 is 23.2 Å². The standard InChI is InChI=1S/C21H24N2O4/c1-3-20(24)22-16-7-10-18-19(13-16)27-14-21(25)23(18)11-4-12-26-17-8-5-15(2)6-9-17/h5-10,13H,3-4,11-12,14H2,1-2H3,(H,22,24). The Morgan fingerprint density at radius 2 is 2.00 bits per heavy atom. The lowest BCUT2D eigenvalue weighted by atomic mass is 10.2. The number of ether oxygens (including phenoxy) is 2. The first-order chi connectivity index (χ1) is 13.1. The molecule has 2 amide bonds. The van der Waals surface area contributed by atoms with Crippen molar-refractivity contribution in [1.29, 1.82) is 0 Å². The molecule has 1 aliphatic rings. The second kappa shape index (κ2) is 8.58. The molecule has 142 valence electrons. The Kier molecular flexibility index (Phi) is 5.96. The predicted molar refractivity (Wildman–Crippen MR) is 105 cm³/mol. The van der Waals surface area contributed by atoms with Gasteiger partial charge in [-0.3, -0.25) is 9.59 Å². The first-order valence-electron chi connectivity index (χ1n) is 9.13. The highest BCUT2D eigenvalue weighted by Crippen LogP contribution is 2.34. The minimum atomic E-state index is -0.0804. The zero-order chi connectivity index (χ0) is 19.2. The molecule has 0 aliphatic carbocycles. The number of nitrogens with one attached hydrogen (secondary N) is 1.